The fourth-order valence-electron chi connectivity index (χ4n) is 2.95. The molecule has 1 heterocycles. The van der Waals surface area contributed by atoms with Gasteiger partial charge < -0.3 is 20.3 Å². The van der Waals surface area contributed by atoms with Gasteiger partial charge in [0.05, 0.1) is 6.61 Å². The molecule has 1 aromatic rings. The Morgan fingerprint density at radius 1 is 1.17 bits per heavy atom. The summed E-state index contributed by atoms with van der Waals surface area (Å²) in [5, 5.41) is 6.77. The van der Waals surface area contributed by atoms with Gasteiger partial charge in [-0.3, -0.25) is 4.99 Å². The van der Waals surface area contributed by atoms with Crippen LogP contribution in [0.15, 0.2) is 35.3 Å². The van der Waals surface area contributed by atoms with Crippen molar-refractivity contribution in [2.45, 2.75) is 25.7 Å². The van der Waals surface area contributed by atoms with Gasteiger partial charge in [-0.1, -0.05) is 18.2 Å². The summed E-state index contributed by atoms with van der Waals surface area (Å²) < 4.78 is 5.69. The highest BCUT2D eigenvalue weighted by molar-refractivity contribution is 5.79. The van der Waals surface area contributed by atoms with Gasteiger partial charge in [-0.15, -0.1) is 0 Å². The van der Waals surface area contributed by atoms with Crippen molar-refractivity contribution in [2.75, 3.05) is 46.9 Å². The summed E-state index contributed by atoms with van der Waals surface area (Å²) in [6, 6.07) is 9.94. The lowest BCUT2D eigenvalue weighted by Gasteiger charge is -2.29. The number of nitrogens with zero attached hydrogens (tertiary/aromatic N) is 2. The quantitative estimate of drug-likeness (QED) is 0.436. The first kappa shape index (κ1) is 18.6. The minimum atomic E-state index is 0.712. The average molecular weight is 332 g/mol. The van der Waals surface area contributed by atoms with E-state index in [4.69, 9.17) is 4.74 Å². The number of guanidine groups is 1. The Morgan fingerprint density at radius 2 is 1.88 bits per heavy atom. The highest BCUT2D eigenvalue weighted by atomic mass is 16.5. The van der Waals surface area contributed by atoms with Crippen molar-refractivity contribution in [3.05, 3.63) is 30.3 Å². The fraction of sp³-hybridized carbons (Fsp3) is 0.632. The van der Waals surface area contributed by atoms with Crippen LogP contribution in [-0.4, -0.2) is 57.7 Å². The summed E-state index contributed by atoms with van der Waals surface area (Å²) in [7, 11) is 4.03. The molecular weight excluding hydrogens is 300 g/mol. The SMILES string of the molecule is CN=C(NCCCOc1ccccc1)NCCC1CCN(C)CC1. The van der Waals surface area contributed by atoms with Crippen LogP contribution in [0.25, 0.3) is 0 Å². The number of aliphatic imine (C=N–C) groups is 1. The van der Waals surface area contributed by atoms with Crippen molar-refractivity contribution in [3.8, 4) is 5.75 Å². The van der Waals surface area contributed by atoms with Crippen molar-refractivity contribution < 1.29 is 4.74 Å². The second kappa shape index (κ2) is 10.9. The van der Waals surface area contributed by atoms with Crippen molar-refractivity contribution in [3.63, 3.8) is 0 Å². The van der Waals surface area contributed by atoms with E-state index < -0.39 is 0 Å². The van der Waals surface area contributed by atoms with E-state index in [2.05, 4.69) is 27.6 Å². The first-order chi connectivity index (χ1) is 11.8. The van der Waals surface area contributed by atoms with Gasteiger partial charge >= 0.3 is 0 Å². The molecule has 0 unspecified atom stereocenters. The maximum absolute atomic E-state index is 5.69. The summed E-state index contributed by atoms with van der Waals surface area (Å²) >= 11 is 0. The third-order valence-electron chi connectivity index (χ3n) is 4.53. The van der Waals surface area contributed by atoms with Crippen molar-refractivity contribution in [2.24, 2.45) is 10.9 Å². The highest BCUT2D eigenvalue weighted by Crippen LogP contribution is 2.18. The van der Waals surface area contributed by atoms with Crippen LogP contribution < -0.4 is 15.4 Å². The second-order valence-corrected chi connectivity index (χ2v) is 6.48. The first-order valence-corrected chi connectivity index (χ1v) is 9.09. The molecule has 0 atom stereocenters. The normalized spacial score (nSPS) is 16.8. The van der Waals surface area contributed by atoms with E-state index in [1.54, 1.807) is 0 Å². The minimum absolute atomic E-state index is 0.712. The molecule has 0 aromatic heterocycles. The second-order valence-electron chi connectivity index (χ2n) is 6.48. The Labute approximate surface area is 146 Å². The van der Waals surface area contributed by atoms with Gasteiger partial charge in [0.25, 0.3) is 0 Å². The number of likely N-dealkylation sites (tertiary alicyclic amines) is 1. The molecule has 1 aromatic carbocycles. The standard InChI is InChI=1S/C19H32N4O/c1-20-19(22-13-9-17-10-14-23(2)15-11-17)21-12-6-16-24-18-7-4-3-5-8-18/h3-5,7-8,17H,6,9-16H2,1-2H3,(H2,20,21,22). The Balaban J connectivity index is 1.51. The predicted octanol–water partition coefficient (Wildman–Crippen LogP) is 2.35. The van der Waals surface area contributed by atoms with Crippen LogP contribution in [0.4, 0.5) is 0 Å². The number of para-hydroxylation sites is 1. The number of benzene rings is 1. The van der Waals surface area contributed by atoms with Gasteiger partial charge in [0.15, 0.2) is 5.96 Å². The van der Waals surface area contributed by atoms with Crippen LogP contribution in [0.5, 0.6) is 5.75 Å². The largest absolute Gasteiger partial charge is 0.494 e. The molecule has 0 amide bonds. The zero-order valence-corrected chi connectivity index (χ0v) is 15.1. The molecule has 1 fully saturated rings. The molecule has 5 heteroatoms. The van der Waals surface area contributed by atoms with Crippen molar-refractivity contribution >= 4 is 5.96 Å². The summed E-state index contributed by atoms with van der Waals surface area (Å²) in [6.07, 6.45) is 4.82. The number of ether oxygens (including phenoxy) is 1. The van der Waals surface area contributed by atoms with Crippen molar-refractivity contribution in [1.82, 2.24) is 15.5 Å². The van der Waals surface area contributed by atoms with Crippen molar-refractivity contribution in [1.29, 1.82) is 0 Å². The van der Waals surface area contributed by atoms with E-state index in [0.717, 1.165) is 37.1 Å². The molecule has 1 saturated heterocycles. The van der Waals surface area contributed by atoms with Gasteiger partial charge in [0.2, 0.25) is 0 Å². The van der Waals surface area contributed by atoms with Gasteiger partial charge in [-0.05, 0) is 63.9 Å². The fourth-order valence-corrected chi connectivity index (χ4v) is 2.95. The number of rotatable bonds is 8. The number of hydrogen-bond acceptors (Lipinski definition) is 3. The Morgan fingerprint density at radius 3 is 2.58 bits per heavy atom. The Hall–Kier alpha value is -1.75. The molecule has 0 radical (unpaired) electrons. The number of piperidine rings is 1. The Bertz CT molecular complexity index is 470. The maximum Gasteiger partial charge on any atom is 0.190 e. The smallest absolute Gasteiger partial charge is 0.190 e. The third-order valence-corrected chi connectivity index (χ3v) is 4.53. The molecule has 5 nitrogen and oxygen atoms in total. The summed E-state index contributed by atoms with van der Waals surface area (Å²) in [4.78, 5) is 6.70. The zero-order valence-electron chi connectivity index (χ0n) is 15.1. The molecule has 0 aliphatic carbocycles. The van der Waals surface area contributed by atoms with Crippen LogP contribution in [0.2, 0.25) is 0 Å². The van der Waals surface area contributed by atoms with Crippen LogP contribution in [0.3, 0.4) is 0 Å². The number of hydrogen-bond donors (Lipinski definition) is 2. The molecule has 2 N–H and O–H groups in total. The average Bonchev–Trinajstić information content (AvgIpc) is 2.62. The minimum Gasteiger partial charge on any atom is -0.494 e. The molecule has 1 aliphatic heterocycles. The molecule has 134 valence electrons. The lowest BCUT2D eigenvalue weighted by atomic mass is 9.94. The van der Waals surface area contributed by atoms with Gasteiger partial charge in [0.1, 0.15) is 5.75 Å². The van der Waals surface area contributed by atoms with Crippen LogP contribution in [0, 0.1) is 5.92 Å². The molecular formula is C19H32N4O. The zero-order chi connectivity index (χ0) is 17.0. The van der Waals surface area contributed by atoms with E-state index in [1.165, 1.54) is 32.4 Å². The topological polar surface area (TPSA) is 48.9 Å². The van der Waals surface area contributed by atoms with Gasteiger partial charge in [0, 0.05) is 20.1 Å². The van der Waals surface area contributed by atoms with E-state index in [9.17, 15) is 0 Å². The van der Waals surface area contributed by atoms with E-state index >= 15 is 0 Å². The molecule has 24 heavy (non-hydrogen) atoms. The summed E-state index contributed by atoms with van der Waals surface area (Å²) in [5.41, 5.74) is 0. The maximum atomic E-state index is 5.69. The lowest BCUT2D eigenvalue weighted by Crippen LogP contribution is -2.39. The number of nitrogens with one attached hydrogen (secondary N) is 2. The molecule has 1 aliphatic rings. The summed E-state index contributed by atoms with van der Waals surface area (Å²) in [5.74, 6) is 2.67. The summed E-state index contributed by atoms with van der Waals surface area (Å²) in [6.45, 7) is 5.04. The van der Waals surface area contributed by atoms with Crippen LogP contribution >= 0.6 is 0 Å². The molecule has 0 bridgehead atoms. The third kappa shape index (κ3) is 7.21. The monoisotopic (exact) mass is 332 g/mol. The van der Waals surface area contributed by atoms with Gasteiger partial charge in [-0.25, -0.2) is 0 Å². The first-order valence-electron chi connectivity index (χ1n) is 9.09. The van der Waals surface area contributed by atoms with E-state index in [-0.39, 0.29) is 0 Å². The Kier molecular flexibility index (Phi) is 8.46. The molecule has 2 rings (SSSR count). The molecule has 0 spiro atoms. The molecule has 0 saturated carbocycles. The van der Waals surface area contributed by atoms with Gasteiger partial charge in [-0.2, -0.15) is 0 Å². The predicted molar refractivity (Wildman–Crippen MR) is 101 cm³/mol. The highest BCUT2D eigenvalue weighted by Gasteiger charge is 2.16. The lowest BCUT2D eigenvalue weighted by molar-refractivity contribution is 0.213. The van der Waals surface area contributed by atoms with Crippen LogP contribution in [-0.2, 0) is 0 Å². The van der Waals surface area contributed by atoms with Crippen LogP contribution in [0.1, 0.15) is 25.7 Å². The van der Waals surface area contributed by atoms with E-state index in [0.29, 0.717) is 6.61 Å². The van der Waals surface area contributed by atoms with E-state index in [1.807, 2.05) is 37.4 Å².